The summed E-state index contributed by atoms with van der Waals surface area (Å²) >= 11 is 0. The normalized spacial score (nSPS) is 58.0. The first-order valence-corrected chi connectivity index (χ1v) is 26.2. The molecular formula is C50H81NO19. The highest BCUT2D eigenvalue weighted by atomic mass is 16.8. The van der Waals surface area contributed by atoms with Crippen molar-refractivity contribution in [1.29, 1.82) is 0 Å². The molecule has 20 nitrogen and oxygen atoms in total. The van der Waals surface area contributed by atoms with Gasteiger partial charge in [0.2, 0.25) is 0 Å². The summed E-state index contributed by atoms with van der Waals surface area (Å²) in [5.74, 6) is 3.25. The predicted molar refractivity (Wildman–Crippen MR) is 241 cm³/mol. The van der Waals surface area contributed by atoms with E-state index in [1.807, 2.05) is 0 Å². The van der Waals surface area contributed by atoms with Crippen molar-refractivity contribution in [1.82, 2.24) is 5.32 Å². The van der Waals surface area contributed by atoms with Gasteiger partial charge in [0.15, 0.2) is 25.2 Å². The third kappa shape index (κ3) is 8.79. The van der Waals surface area contributed by atoms with Gasteiger partial charge in [-0.3, -0.25) is 5.32 Å². The van der Waals surface area contributed by atoms with Crippen LogP contribution in [0.2, 0.25) is 0 Å². The van der Waals surface area contributed by atoms with E-state index in [1.165, 1.54) is 32.3 Å². The Morgan fingerprint density at radius 1 is 0.657 bits per heavy atom. The predicted octanol–water partition coefficient (Wildman–Crippen LogP) is -0.722. The molecule has 3 saturated carbocycles. The SMILES string of the molecule is C[C@@H]1CC[C@@]2(NC1)O[C@H]1C[C@H]3[C@@H]4CC=C5C[C@@H](O[C@@H]6O[C@H](CO)[C@@H](O[C@@H]7O[C@@H](C)[C@H](O)[C@@H](O)[C@H]7O[C@@H]7OC[C@@H](O)[C@H](O)[C@H]7O)[C@H](O)[C@H]6O[C@@H]6O[C@@H](C)[C@H](O)[C@@H](O)[C@H]6O)CC[C@]5(C)[C@H]4CC[C@]3(C)[C@H]1[C@@H]2C. The van der Waals surface area contributed by atoms with E-state index in [4.69, 9.17) is 42.6 Å². The highest BCUT2D eigenvalue weighted by Crippen LogP contribution is 2.70. The second-order valence-electron chi connectivity index (χ2n) is 23.6. The van der Waals surface area contributed by atoms with Gasteiger partial charge in [-0.1, -0.05) is 39.3 Å². The summed E-state index contributed by atoms with van der Waals surface area (Å²) in [5.41, 5.74) is 1.27. The van der Waals surface area contributed by atoms with Gasteiger partial charge in [-0.2, -0.15) is 0 Å². The molecule has 0 amide bonds. The fourth-order valence-corrected chi connectivity index (χ4v) is 15.3. The Morgan fingerprint density at radius 3 is 2.03 bits per heavy atom. The molecule has 0 aromatic heterocycles. The summed E-state index contributed by atoms with van der Waals surface area (Å²) in [5, 5.41) is 112. The number of allylic oxidation sites excluding steroid dienone is 1. The van der Waals surface area contributed by atoms with E-state index >= 15 is 0 Å². The first kappa shape index (κ1) is 52.4. The Hall–Kier alpha value is -1.06. The van der Waals surface area contributed by atoms with Crippen molar-refractivity contribution < 1.29 is 93.7 Å². The van der Waals surface area contributed by atoms with Crippen molar-refractivity contribution in [2.75, 3.05) is 19.8 Å². The maximum atomic E-state index is 12.3. The van der Waals surface area contributed by atoms with Crippen molar-refractivity contribution in [2.45, 2.75) is 234 Å². The lowest BCUT2D eigenvalue weighted by molar-refractivity contribution is -0.397. The summed E-state index contributed by atoms with van der Waals surface area (Å²) in [6, 6.07) is 0. The van der Waals surface area contributed by atoms with Gasteiger partial charge in [-0.25, -0.2) is 0 Å². The Labute approximate surface area is 409 Å². The number of aliphatic hydroxyl groups excluding tert-OH is 10. The molecule has 0 radical (unpaired) electrons. The number of fused-ring (bicyclic) bond motifs is 7. The number of piperidine rings is 1. The van der Waals surface area contributed by atoms with Crippen LogP contribution < -0.4 is 5.32 Å². The average molecular weight is 1000 g/mol. The van der Waals surface area contributed by atoms with E-state index in [1.54, 1.807) is 0 Å². The summed E-state index contributed by atoms with van der Waals surface area (Å²) in [6.07, 6.45) is -18.0. The summed E-state index contributed by atoms with van der Waals surface area (Å²) in [7, 11) is 0. The summed E-state index contributed by atoms with van der Waals surface area (Å²) in [4.78, 5) is 0. The number of aliphatic hydroxyl groups is 10. The lowest BCUT2D eigenvalue weighted by atomic mass is 9.47. The molecule has 11 N–H and O–H groups in total. The fraction of sp³-hybridized carbons (Fsp3) is 0.960. The van der Waals surface area contributed by atoms with Crippen LogP contribution in [-0.2, 0) is 42.6 Å². The number of nitrogens with one attached hydrogen (secondary N) is 1. The topological polar surface area (TPSA) is 297 Å². The first-order chi connectivity index (χ1) is 33.2. The van der Waals surface area contributed by atoms with Gasteiger partial charge >= 0.3 is 0 Å². The Bertz CT molecular complexity index is 1860. The van der Waals surface area contributed by atoms with Gasteiger partial charge < -0.3 is 93.7 Å². The molecular weight excluding hydrogens is 919 g/mol. The zero-order chi connectivity index (χ0) is 49.9. The zero-order valence-corrected chi connectivity index (χ0v) is 41.3. The minimum absolute atomic E-state index is 0.0520. The fourth-order valence-electron chi connectivity index (χ4n) is 15.3. The van der Waals surface area contributed by atoms with Gasteiger partial charge in [0.05, 0.1) is 37.6 Å². The zero-order valence-electron chi connectivity index (χ0n) is 41.3. The quantitative estimate of drug-likeness (QED) is 0.127. The van der Waals surface area contributed by atoms with Gasteiger partial charge in [0.25, 0.3) is 0 Å². The van der Waals surface area contributed by atoms with E-state index < -0.39 is 136 Å². The van der Waals surface area contributed by atoms with Crippen LogP contribution >= 0.6 is 0 Å². The third-order valence-electron chi connectivity index (χ3n) is 19.6. The van der Waals surface area contributed by atoms with E-state index in [0.717, 1.165) is 38.6 Å². The van der Waals surface area contributed by atoms with Crippen molar-refractivity contribution in [3.63, 3.8) is 0 Å². The number of rotatable bonds is 9. The van der Waals surface area contributed by atoms with E-state index in [9.17, 15) is 51.1 Å². The Balaban J connectivity index is 0.865. The first-order valence-electron chi connectivity index (χ1n) is 26.2. The van der Waals surface area contributed by atoms with Gasteiger partial charge in [-0.05, 0) is 112 Å². The van der Waals surface area contributed by atoms with Crippen LogP contribution in [0.4, 0.5) is 0 Å². The van der Waals surface area contributed by atoms with Crippen molar-refractivity contribution in [3.8, 4) is 0 Å². The lowest BCUT2D eigenvalue weighted by Crippen LogP contribution is -2.67. The number of hydrogen-bond acceptors (Lipinski definition) is 20. The lowest BCUT2D eigenvalue weighted by Gasteiger charge is -2.59. The maximum Gasteiger partial charge on any atom is 0.187 e. The van der Waals surface area contributed by atoms with Gasteiger partial charge in [-0.15, -0.1) is 0 Å². The van der Waals surface area contributed by atoms with Crippen LogP contribution in [0.3, 0.4) is 0 Å². The molecule has 20 heteroatoms. The molecule has 10 rings (SSSR count). The molecule has 0 aromatic rings. The molecule has 0 aromatic carbocycles. The molecule has 70 heavy (non-hydrogen) atoms. The van der Waals surface area contributed by atoms with E-state index in [2.05, 4.69) is 39.1 Å². The highest BCUT2D eigenvalue weighted by Gasteiger charge is 2.68. The highest BCUT2D eigenvalue weighted by molar-refractivity contribution is 5.27. The molecule has 10 aliphatic rings. The third-order valence-corrected chi connectivity index (χ3v) is 19.6. The van der Waals surface area contributed by atoms with Crippen LogP contribution in [-0.4, -0.2) is 205 Å². The van der Waals surface area contributed by atoms with Crippen LogP contribution in [0, 0.1) is 46.3 Å². The monoisotopic (exact) mass is 1000 g/mol. The van der Waals surface area contributed by atoms with Gasteiger partial charge in [0, 0.05) is 12.5 Å². The molecule has 0 bridgehead atoms. The maximum absolute atomic E-state index is 12.3. The number of hydrogen-bond donors (Lipinski definition) is 11. The second-order valence-corrected chi connectivity index (χ2v) is 23.6. The van der Waals surface area contributed by atoms with Crippen LogP contribution in [0.15, 0.2) is 11.6 Å². The van der Waals surface area contributed by atoms with Crippen LogP contribution in [0.5, 0.6) is 0 Å². The van der Waals surface area contributed by atoms with Crippen molar-refractivity contribution in [3.05, 3.63) is 11.6 Å². The smallest absolute Gasteiger partial charge is 0.187 e. The average Bonchev–Trinajstić information content (AvgIpc) is 3.78. The van der Waals surface area contributed by atoms with Gasteiger partial charge in [0.1, 0.15) is 85.1 Å². The Morgan fingerprint density at radius 2 is 1.31 bits per heavy atom. The number of ether oxygens (including phenoxy) is 9. The standard InChI is InChI=1S/C50H81NO19/c1-20-9-14-50(51-17-20)21(2)32-30(70-50)16-28-26-8-7-24-15-25(10-12-48(24,5)27(26)11-13-49(28,32)6)65-47-43(69-45-39(60)36(57)33(54)22(3)63-45)40(61)41(31(18-52)66-47)67-46-42(37(58)34(55)23(4)64-46)68-44-38(59)35(56)29(53)19-62-44/h7,20-23,25-47,51-61H,8-19H2,1-6H3/t20-,21+,22+,23+,25+,26-,27+,28+,29-,30+,31-,32+,33+,34+,35+,36-,37-,38-,39-,40+,41-,42-,43-,44+,45+,46+,47-,48+,49+,50-/m1/s1. The molecule has 6 saturated heterocycles. The minimum atomic E-state index is -1.78. The van der Waals surface area contributed by atoms with Crippen molar-refractivity contribution in [2.24, 2.45) is 46.3 Å². The minimum Gasteiger partial charge on any atom is -0.394 e. The molecule has 6 heterocycles. The molecule has 6 aliphatic heterocycles. The van der Waals surface area contributed by atoms with Crippen molar-refractivity contribution >= 4 is 0 Å². The molecule has 0 unspecified atom stereocenters. The van der Waals surface area contributed by atoms with Crippen LogP contribution in [0.25, 0.3) is 0 Å². The molecule has 4 aliphatic carbocycles. The molecule has 1 spiro atoms. The summed E-state index contributed by atoms with van der Waals surface area (Å²) in [6.45, 7) is 12.5. The van der Waals surface area contributed by atoms with Crippen LogP contribution in [0.1, 0.15) is 99.3 Å². The Kier molecular flexibility index (Phi) is 14.8. The summed E-state index contributed by atoms with van der Waals surface area (Å²) < 4.78 is 55.9. The van der Waals surface area contributed by atoms with E-state index in [-0.39, 0.29) is 22.7 Å². The largest absolute Gasteiger partial charge is 0.394 e. The molecule has 400 valence electrons. The van der Waals surface area contributed by atoms with E-state index in [0.29, 0.717) is 48.3 Å². The second kappa shape index (κ2) is 19.8. The molecule has 9 fully saturated rings. The molecule has 30 atom stereocenters.